The Balaban J connectivity index is 2.10. The van der Waals surface area contributed by atoms with Crippen molar-refractivity contribution >= 4 is 6.29 Å². The van der Waals surface area contributed by atoms with Crippen LogP contribution in [0.2, 0.25) is 0 Å². The van der Waals surface area contributed by atoms with Gasteiger partial charge in [-0.2, -0.15) is 0 Å². The van der Waals surface area contributed by atoms with Crippen molar-refractivity contribution in [3.63, 3.8) is 0 Å². The molecule has 78 valence electrons. The lowest BCUT2D eigenvalue weighted by Crippen LogP contribution is -2.43. The van der Waals surface area contributed by atoms with Gasteiger partial charge >= 0.3 is 0 Å². The zero-order chi connectivity index (χ0) is 10.5. The van der Waals surface area contributed by atoms with E-state index in [1.54, 1.807) is 0 Å². The predicted octanol–water partition coefficient (Wildman–Crippen LogP) is 2.79. The van der Waals surface area contributed by atoms with Crippen LogP contribution in [-0.2, 0) is 16.6 Å². The van der Waals surface area contributed by atoms with E-state index in [-0.39, 0.29) is 5.41 Å². The van der Waals surface area contributed by atoms with E-state index in [1.807, 2.05) is 0 Å². The third kappa shape index (κ3) is 1.06. The number of rotatable bonds is 1. The Hall–Kier alpha value is -1.11. The number of aldehydes is 1. The second-order valence-corrected chi connectivity index (χ2v) is 5.10. The summed E-state index contributed by atoms with van der Waals surface area (Å²) in [6.07, 6.45) is 5.85. The molecule has 1 aromatic rings. The number of carbonyl (C=O) groups is 1. The lowest BCUT2D eigenvalue weighted by molar-refractivity contribution is -0.116. The van der Waals surface area contributed by atoms with E-state index in [0.717, 1.165) is 6.42 Å². The standard InChI is InChI=1S/C14H16O/c1-10-2-3-11-4-6-14(13(11)8-10)7-5-12(14)9-15/h2-3,8-9,12H,4-7H2,1H3. The van der Waals surface area contributed by atoms with Crippen molar-refractivity contribution in [3.05, 3.63) is 34.9 Å². The monoisotopic (exact) mass is 200 g/mol. The quantitative estimate of drug-likeness (QED) is 0.637. The first-order valence-corrected chi connectivity index (χ1v) is 5.81. The van der Waals surface area contributed by atoms with Crippen LogP contribution in [0.25, 0.3) is 0 Å². The van der Waals surface area contributed by atoms with E-state index in [2.05, 4.69) is 25.1 Å². The summed E-state index contributed by atoms with van der Waals surface area (Å²) in [4.78, 5) is 11.0. The molecule has 0 saturated heterocycles. The largest absolute Gasteiger partial charge is 0.303 e. The van der Waals surface area contributed by atoms with Crippen molar-refractivity contribution in [1.82, 2.24) is 0 Å². The third-order valence-corrected chi connectivity index (χ3v) is 4.42. The molecule has 1 saturated carbocycles. The molecule has 0 aromatic heterocycles. The molecule has 2 unspecified atom stereocenters. The molecule has 1 heteroatoms. The fourth-order valence-electron chi connectivity index (χ4n) is 3.37. The van der Waals surface area contributed by atoms with Crippen LogP contribution in [-0.4, -0.2) is 6.29 Å². The first kappa shape index (κ1) is 9.14. The van der Waals surface area contributed by atoms with E-state index < -0.39 is 0 Å². The van der Waals surface area contributed by atoms with Crippen molar-refractivity contribution < 1.29 is 4.79 Å². The number of fused-ring (bicyclic) bond motifs is 2. The Bertz CT molecular complexity index is 421. The molecular formula is C14H16O. The number of benzene rings is 1. The van der Waals surface area contributed by atoms with Gasteiger partial charge in [-0.3, -0.25) is 0 Å². The van der Waals surface area contributed by atoms with E-state index in [4.69, 9.17) is 0 Å². The van der Waals surface area contributed by atoms with Crippen LogP contribution >= 0.6 is 0 Å². The lowest BCUT2D eigenvalue weighted by Gasteiger charge is -2.45. The molecule has 0 heterocycles. The van der Waals surface area contributed by atoms with E-state index in [9.17, 15) is 4.79 Å². The fraction of sp³-hybridized carbons (Fsp3) is 0.500. The molecule has 1 spiro atoms. The van der Waals surface area contributed by atoms with Crippen LogP contribution in [0.5, 0.6) is 0 Å². The molecule has 3 rings (SSSR count). The van der Waals surface area contributed by atoms with Gasteiger partial charge in [-0.05, 0) is 43.7 Å². The molecule has 1 nitrogen and oxygen atoms in total. The molecule has 2 aliphatic rings. The van der Waals surface area contributed by atoms with E-state index >= 15 is 0 Å². The van der Waals surface area contributed by atoms with Crippen molar-refractivity contribution in [2.24, 2.45) is 5.92 Å². The minimum atomic E-state index is 0.239. The highest BCUT2D eigenvalue weighted by atomic mass is 16.1. The minimum Gasteiger partial charge on any atom is -0.303 e. The Labute approximate surface area is 90.5 Å². The van der Waals surface area contributed by atoms with Crippen LogP contribution in [0.15, 0.2) is 18.2 Å². The Morgan fingerprint density at radius 2 is 2.27 bits per heavy atom. The summed E-state index contributed by atoms with van der Waals surface area (Å²) < 4.78 is 0. The maximum absolute atomic E-state index is 11.0. The second-order valence-electron chi connectivity index (χ2n) is 5.10. The summed E-state index contributed by atoms with van der Waals surface area (Å²) in [5, 5.41) is 0. The normalized spacial score (nSPS) is 32.5. The Morgan fingerprint density at radius 3 is 2.93 bits per heavy atom. The van der Waals surface area contributed by atoms with Crippen molar-refractivity contribution in [2.75, 3.05) is 0 Å². The van der Waals surface area contributed by atoms with Crippen LogP contribution < -0.4 is 0 Å². The fourth-order valence-corrected chi connectivity index (χ4v) is 3.37. The van der Waals surface area contributed by atoms with Gasteiger partial charge in [0.2, 0.25) is 0 Å². The molecule has 1 aromatic carbocycles. The summed E-state index contributed by atoms with van der Waals surface area (Å²) in [6, 6.07) is 6.74. The van der Waals surface area contributed by atoms with Gasteiger partial charge in [-0.25, -0.2) is 0 Å². The summed E-state index contributed by atoms with van der Waals surface area (Å²) in [7, 11) is 0. The topological polar surface area (TPSA) is 17.1 Å². The highest BCUT2D eigenvalue weighted by Gasteiger charge is 2.51. The second kappa shape index (κ2) is 2.94. The zero-order valence-electron chi connectivity index (χ0n) is 9.12. The van der Waals surface area contributed by atoms with E-state index in [0.29, 0.717) is 5.92 Å². The molecule has 15 heavy (non-hydrogen) atoms. The number of hydrogen-bond donors (Lipinski definition) is 0. The van der Waals surface area contributed by atoms with Crippen LogP contribution in [0, 0.1) is 12.8 Å². The Kier molecular flexibility index (Phi) is 1.79. The van der Waals surface area contributed by atoms with Crippen LogP contribution in [0.4, 0.5) is 0 Å². The number of hydrogen-bond acceptors (Lipinski definition) is 1. The molecule has 0 bridgehead atoms. The summed E-state index contributed by atoms with van der Waals surface area (Å²) in [5.74, 6) is 0.292. The van der Waals surface area contributed by atoms with Crippen molar-refractivity contribution in [1.29, 1.82) is 0 Å². The molecular weight excluding hydrogens is 184 g/mol. The molecule has 2 aliphatic carbocycles. The number of carbonyl (C=O) groups excluding carboxylic acids is 1. The summed E-state index contributed by atoms with van der Waals surface area (Å²) >= 11 is 0. The number of aryl methyl sites for hydroxylation is 2. The maximum atomic E-state index is 11.0. The van der Waals surface area contributed by atoms with Crippen molar-refractivity contribution in [3.8, 4) is 0 Å². The highest BCUT2D eigenvalue weighted by Crippen LogP contribution is 2.55. The molecule has 2 atom stereocenters. The van der Waals surface area contributed by atoms with Gasteiger partial charge in [0.15, 0.2) is 0 Å². The van der Waals surface area contributed by atoms with Gasteiger partial charge in [-0.15, -0.1) is 0 Å². The average Bonchev–Trinajstić information content (AvgIpc) is 2.57. The minimum absolute atomic E-state index is 0.239. The molecule has 1 fully saturated rings. The van der Waals surface area contributed by atoms with Gasteiger partial charge in [0.05, 0.1) is 0 Å². The lowest BCUT2D eigenvalue weighted by atomic mass is 9.57. The van der Waals surface area contributed by atoms with Crippen LogP contribution in [0.3, 0.4) is 0 Å². The first-order chi connectivity index (χ1) is 7.26. The molecule has 0 radical (unpaired) electrons. The van der Waals surface area contributed by atoms with Gasteiger partial charge in [-0.1, -0.05) is 23.8 Å². The van der Waals surface area contributed by atoms with Gasteiger partial charge in [0.1, 0.15) is 6.29 Å². The predicted molar refractivity (Wildman–Crippen MR) is 60.0 cm³/mol. The maximum Gasteiger partial charge on any atom is 0.123 e. The van der Waals surface area contributed by atoms with Crippen LogP contribution in [0.1, 0.15) is 36.0 Å². The van der Waals surface area contributed by atoms with Crippen molar-refractivity contribution in [2.45, 2.75) is 38.0 Å². The zero-order valence-corrected chi connectivity index (χ0v) is 9.12. The highest BCUT2D eigenvalue weighted by molar-refractivity contribution is 5.62. The van der Waals surface area contributed by atoms with Gasteiger partial charge in [0, 0.05) is 11.3 Å². The molecule has 0 N–H and O–H groups in total. The van der Waals surface area contributed by atoms with Gasteiger partial charge in [0.25, 0.3) is 0 Å². The Morgan fingerprint density at radius 1 is 1.40 bits per heavy atom. The third-order valence-electron chi connectivity index (χ3n) is 4.42. The average molecular weight is 200 g/mol. The van der Waals surface area contributed by atoms with Gasteiger partial charge < -0.3 is 4.79 Å². The molecule has 0 amide bonds. The SMILES string of the molecule is Cc1ccc2c(c1)C1(CC2)CCC1C=O. The summed E-state index contributed by atoms with van der Waals surface area (Å²) in [5.41, 5.74) is 4.52. The first-order valence-electron chi connectivity index (χ1n) is 5.81. The molecule has 0 aliphatic heterocycles. The van der Waals surface area contributed by atoms with E-state index in [1.165, 1.54) is 42.2 Å². The smallest absolute Gasteiger partial charge is 0.123 e. The summed E-state index contributed by atoms with van der Waals surface area (Å²) in [6.45, 7) is 2.14.